The lowest BCUT2D eigenvalue weighted by Crippen LogP contribution is -2.39. The van der Waals surface area contributed by atoms with E-state index in [0.717, 1.165) is 12.5 Å². The molecule has 0 aromatic heterocycles. The van der Waals surface area contributed by atoms with E-state index in [1.807, 2.05) is 6.08 Å². The van der Waals surface area contributed by atoms with Gasteiger partial charge in [0.2, 0.25) is 5.91 Å². The van der Waals surface area contributed by atoms with Crippen LogP contribution in [-0.2, 0) is 14.1 Å². The van der Waals surface area contributed by atoms with Crippen LogP contribution in [-0.4, -0.2) is 39.5 Å². The molecule has 1 fully saturated rings. The molecule has 110 valence electrons. The fourth-order valence-electron chi connectivity index (χ4n) is 2.36. The number of carbonyl (C=O) groups excluding carboxylic acids is 1. The topological polar surface area (TPSA) is 38.8 Å². The SMILES string of the molecule is C=CC[Si](C)(C)O[C@@H](CC(=O)N(C)OC)[C@@H]1C[C@H]1C. The van der Waals surface area contributed by atoms with Crippen molar-refractivity contribution in [3.63, 3.8) is 0 Å². The highest BCUT2D eigenvalue weighted by atomic mass is 28.4. The van der Waals surface area contributed by atoms with Crippen molar-refractivity contribution in [1.29, 1.82) is 0 Å². The zero-order valence-corrected chi connectivity index (χ0v) is 13.8. The second kappa shape index (κ2) is 6.68. The van der Waals surface area contributed by atoms with Crippen molar-refractivity contribution in [3.05, 3.63) is 12.7 Å². The summed E-state index contributed by atoms with van der Waals surface area (Å²) in [5.41, 5.74) is 0. The standard InChI is InChI=1S/C14H27NO3Si/c1-7-8-19(5,6)18-13(12-9-11(12)2)10-14(16)15(3)17-4/h7,11-13H,1,8-10H2,2-6H3/t11-,12-,13+/m1/s1. The maximum Gasteiger partial charge on any atom is 0.248 e. The Balaban J connectivity index is 2.63. The third-order valence-corrected chi connectivity index (χ3v) is 5.97. The fourth-order valence-corrected chi connectivity index (χ4v) is 4.23. The molecule has 0 saturated heterocycles. The minimum atomic E-state index is -1.76. The Labute approximate surface area is 117 Å². The first-order valence-electron chi connectivity index (χ1n) is 6.90. The molecule has 5 heteroatoms. The molecular weight excluding hydrogens is 258 g/mol. The Hall–Kier alpha value is -0.653. The van der Waals surface area contributed by atoms with E-state index in [0.29, 0.717) is 18.3 Å². The average Bonchev–Trinajstić information content (AvgIpc) is 3.04. The number of hydrogen-bond donors (Lipinski definition) is 0. The number of rotatable bonds is 8. The molecule has 0 N–H and O–H groups in total. The van der Waals surface area contributed by atoms with E-state index >= 15 is 0 Å². The minimum absolute atomic E-state index is 0.0185. The van der Waals surface area contributed by atoms with Crippen molar-refractivity contribution in [2.45, 2.75) is 45.0 Å². The Morgan fingerprint density at radius 2 is 2.16 bits per heavy atom. The van der Waals surface area contributed by atoms with Gasteiger partial charge in [-0.05, 0) is 37.4 Å². The van der Waals surface area contributed by atoms with Crippen LogP contribution in [0.25, 0.3) is 0 Å². The number of hydrogen-bond acceptors (Lipinski definition) is 3. The Morgan fingerprint density at radius 3 is 2.58 bits per heavy atom. The molecule has 19 heavy (non-hydrogen) atoms. The minimum Gasteiger partial charge on any atom is -0.413 e. The van der Waals surface area contributed by atoms with E-state index in [2.05, 4.69) is 26.6 Å². The van der Waals surface area contributed by atoms with E-state index in [9.17, 15) is 4.79 Å². The maximum atomic E-state index is 12.0. The summed E-state index contributed by atoms with van der Waals surface area (Å²) >= 11 is 0. The fraction of sp³-hybridized carbons (Fsp3) is 0.786. The lowest BCUT2D eigenvalue weighted by atomic mass is 10.1. The van der Waals surface area contributed by atoms with E-state index in [1.165, 1.54) is 12.2 Å². The van der Waals surface area contributed by atoms with Crippen LogP contribution in [0.5, 0.6) is 0 Å². The number of carbonyl (C=O) groups is 1. The van der Waals surface area contributed by atoms with Gasteiger partial charge < -0.3 is 4.43 Å². The van der Waals surface area contributed by atoms with Gasteiger partial charge in [0, 0.05) is 7.05 Å². The summed E-state index contributed by atoms with van der Waals surface area (Å²) in [5.74, 6) is 1.17. The molecule has 0 aliphatic heterocycles. The first-order valence-corrected chi connectivity index (χ1v) is 10.0. The highest BCUT2D eigenvalue weighted by Gasteiger charge is 2.43. The van der Waals surface area contributed by atoms with E-state index in [1.54, 1.807) is 7.05 Å². The number of hydroxylamine groups is 2. The summed E-state index contributed by atoms with van der Waals surface area (Å²) in [4.78, 5) is 16.9. The lowest BCUT2D eigenvalue weighted by molar-refractivity contribution is -0.170. The molecule has 0 unspecified atom stereocenters. The van der Waals surface area contributed by atoms with Gasteiger partial charge in [0.1, 0.15) is 0 Å². The third-order valence-electron chi connectivity index (χ3n) is 3.76. The van der Waals surface area contributed by atoms with Gasteiger partial charge >= 0.3 is 0 Å². The van der Waals surface area contributed by atoms with Crippen molar-refractivity contribution in [3.8, 4) is 0 Å². The van der Waals surface area contributed by atoms with Crippen molar-refractivity contribution in [2.24, 2.45) is 11.8 Å². The Kier molecular flexibility index (Phi) is 5.76. The quantitative estimate of drug-likeness (QED) is 0.391. The summed E-state index contributed by atoms with van der Waals surface area (Å²) < 4.78 is 6.30. The zero-order chi connectivity index (χ0) is 14.6. The molecule has 0 aromatic carbocycles. The van der Waals surface area contributed by atoms with Crippen LogP contribution in [0.3, 0.4) is 0 Å². The van der Waals surface area contributed by atoms with Crippen LogP contribution in [0.1, 0.15) is 19.8 Å². The molecule has 1 aliphatic carbocycles. The lowest BCUT2D eigenvalue weighted by Gasteiger charge is -2.29. The first kappa shape index (κ1) is 16.4. The van der Waals surface area contributed by atoms with E-state index < -0.39 is 8.32 Å². The van der Waals surface area contributed by atoms with E-state index in [4.69, 9.17) is 9.26 Å². The third kappa shape index (κ3) is 5.08. The molecule has 3 atom stereocenters. The number of amides is 1. The predicted molar refractivity (Wildman–Crippen MR) is 79.0 cm³/mol. The summed E-state index contributed by atoms with van der Waals surface area (Å²) in [6.45, 7) is 10.4. The molecule has 0 aromatic rings. The molecule has 1 amide bonds. The zero-order valence-electron chi connectivity index (χ0n) is 12.8. The molecular formula is C14H27NO3Si. The average molecular weight is 285 g/mol. The van der Waals surface area contributed by atoms with Gasteiger partial charge in [-0.2, -0.15) is 0 Å². The van der Waals surface area contributed by atoms with Gasteiger partial charge in [0.25, 0.3) is 0 Å². The highest BCUT2D eigenvalue weighted by molar-refractivity contribution is 6.71. The molecule has 1 rings (SSSR count). The van der Waals surface area contributed by atoms with Crippen LogP contribution >= 0.6 is 0 Å². The van der Waals surface area contributed by atoms with Crippen molar-refractivity contribution in [2.75, 3.05) is 14.2 Å². The van der Waals surface area contributed by atoms with Crippen LogP contribution in [0.4, 0.5) is 0 Å². The normalized spacial score (nSPS) is 23.8. The summed E-state index contributed by atoms with van der Waals surface area (Å²) in [5, 5.41) is 1.28. The van der Waals surface area contributed by atoms with E-state index in [-0.39, 0.29) is 12.0 Å². The molecule has 0 bridgehead atoms. The smallest absolute Gasteiger partial charge is 0.248 e. The van der Waals surface area contributed by atoms with Gasteiger partial charge in [0.15, 0.2) is 8.32 Å². The largest absolute Gasteiger partial charge is 0.413 e. The van der Waals surface area contributed by atoms with Crippen molar-refractivity contribution >= 4 is 14.2 Å². The maximum absolute atomic E-state index is 12.0. The molecule has 1 saturated carbocycles. The van der Waals surface area contributed by atoms with Gasteiger partial charge in [0.05, 0.1) is 19.6 Å². The molecule has 0 spiro atoms. The predicted octanol–water partition coefficient (Wildman–Crippen LogP) is 2.83. The molecule has 4 nitrogen and oxygen atoms in total. The Bertz CT molecular complexity index is 333. The van der Waals surface area contributed by atoms with Gasteiger partial charge in [-0.25, -0.2) is 5.06 Å². The van der Waals surface area contributed by atoms with Gasteiger partial charge in [-0.1, -0.05) is 13.0 Å². The summed E-state index contributed by atoms with van der Waals surface area (Å²) in [6.07, 6.45) is 3.52. The van der Waals surface area contributed by atoms with Crippen LogP contribution in [0.2, 0.25) is 19.1 Å². The van der Waals surface area contributed by atoms with Crippen molar-refractivity contribution in [1.82, 2.24) is 5.06 Å². The van der Waals surface area contributed by atoms with Crippen LogP contribution in [0.15, 0.2) is 12.7 Å². The second-order valence-corrected chi connectivity index (χ2v) is 10.2. The first-order chi connectivity index (χ1) is 8.80. The summed E-state index contributed by atoms with van der Waals surface area (Å²) in [7, 11) is 1.38. The molecule has 0 heterocycles. The number of nitrogens with zero attached hydrogens (tertiary/aromatic N) is 1. The Morgan fingerprint density at radius 1 is 1.58 bits per heavy atom. The van der Waals surface area contributed by atoms with Crippen LogP contribution < -0.4 is 0 Å². The second-order valence-electron chi connectivity index (χ2n) is 6.06. The molecule has 1 aliphatic rings. The molecule has 0 radical (unpaired) electrons. The van der Waals surface area contributed by atoms with Gasteiger partial charge in [-0.15, -0.1) is 6.58 Å². The van der Waals surface area contributed by atoms with Crippen LogP contribution in [0, 0.1) is 11.8 Å². The van der Waals surface area contributed by atoms with Crippen molar-refractivity contribution < 1.29 is 14.1 Å². The monoisotopic (exact) mass is 285 g/mol. The van der Waals surface area contributed by atoms with Gasteiger partial charge in [-0.3, -0.25) is 9.63 Å². The highest BCUT2D eigenvalue weighted by Crippen LogP contribution is 2.44. The number of allylic oxidation sites excluding steroid dienone is 1. The summed E-state index contributed by atoms with van der Waals surface area (Å²) in [6, 6.07) is 0.916.